The molecule has 2 aromatic rings. The summed E-state index contributed by atoms with van der Waals surface area (Å²) in [5, 5.41) is 5.82. The van der Waals surface area contributed by atoms with Crippen molar-refractivity contribution in [3.63, 3.8) is 0 Å². The minimum Gasteiger partial charge on any atom is -0.482 e. The minimum absolute atomic E-state index is 0.106. The van der Waals surface area contributed by atoms with Gasteiger partial charge in [-0.1, -0.05) is 37.1 Å². The SMILES string of the molecule is O=C(CN1C(=O)COc2ccccc21)Nc1ccccc1C(=O)NC1CCCC1. The van der Waals surface area contributed by atoms with Crippen molar-refractivity contribution in [2.75, 3.05) is 23.4 Å². The molecule has 0 radical (unpaired) electrons. The molecule has 29 heavy (non-hydrogen) atoms. The molecule has 150 valence electrons. The van der Waals surface area contributed by atoms with Gasteiger partial charge in [0.2, 0.25) is 5.91 Å². The van der Waals surface area contributed by atoms with Crippen molar-refractivity contribution in [3.8, 4) is 5.75 Å². The number of benzene rings is 2. The summed E-state index contributed by atoms with van der Waals surface area (Å²) in [6.07, 6.45) is 4.22. The molecule has 2 N–H and O–H groups in total. The number of hydrogen-bond donors (Lipinski definition) is 2. The maximum Gasteiger partial charge on any atom is 0.265 e. The minimum atomic E-state index is -0.379. The summed E-state index contributed by atoms with van der Waals surface area (Å²) in [6, 6.07) is 14.2. The number of amides is 3. The number of carbonyl (C=O) groups excluding carboxylic acids is 3. The van der Waals surface area contributed by atoms with E-state index in [2.05, 4.69) is 10.6 Å². The lowest BCUT2D eigenvalue weighted by Gasteiger charge is -2.28. The van der Waals surface area contributed by atoms with Gasteiger partial charge in [-0.2, -0.15) is 0 Å². The van der Waals surface area contributed by atoms with Crippen molar-refractivity contribution in [1.82, 2.24) is 5.32 Å². The highest BCUT2D eigenvalue weighted by Gasteiger charge is 2.27. The number of hydrogen-bond acceptors (Lipinski definition) is 4. The molecular formula is C22H23N3O4. The van der Waals surface area contributed by atoms with Crippen molar-refractivity contribution in [1.29, 1.82) is 0 Å². The number of fused-ring (bicyclic) bond motifs is 1. The van der Waals surface area contributed by atoms with Crippen LogP contribution < -0.4 is 20.3 Å². The summed E-state index contributed by atoms with van der Waals surface area (Å²) < 4.78 is 5.40. The van der Waals surface area contributed by atoms with Gasteiger partial charge in [0.1, 0.15) is 12.3 Å². The first-order valence-electron chi connectivity index (χ1n) is 9.84. The Bertz CT molecular complexity index is 937. The number of nitrogens with one attached hydrogen (secondary N) is 2. The highest BCUT2D eigenvalue weighted by Crippen LogP contribution is 2.31. The highest BCUT2D eigenvalue weighted by atomic mass is 16.5. The van der Waals surface area contributed by atoms with Gasteiger partial charge < -0.3 is 15.4 Å². The number of nitrogens with zero attached hydrogens (tertiary/aromatic N) is 1. The lowest BCUT2D eigenvalue weighted by atomic mass is 10.1. The molecule has 0 aromatic heterocycles. The van der Waals surface area contributed by atoms with Crippen molar-refractivity contribution in [3.05, 3.63) is 54.1 Å². The van der Waals surface area contributed by atoms with Gasteiger partial charge in [0.15, 0.2) is 6.61 Å². The maximum atomic E-state index is 12.7. The van der Waals surface area contributed by atoms with Crippen molar-refractivity contribution in [2.45, 2.75) is 31.7 Å². The summed E-state index contributed by atoms with van der Waals surface area (Å²) >= 11 is 0. The molecular weight excluding hydrogens is 370 g/mol. The van der Waals surface area contributed by atoms with Crippen LogP contribution in [0, 0.1) is 0 Å². The van der Waals surface area contributed by atoms with E-state index in [0.29, 0.717) is 22.7 Å². The molecule has 0 bridgehead atoms. The average Bonchev–Trinajstić information content (AvgIpc) is 3.23. The maximum absolute atomic E-state index is 12.7. The molecule has 1 aliphatic carbocycles. The molecule has 2 aromatic carbocycles. The Kier molecular flexibility index (Phi) is 5.46. The molecule has 0 saturated heterocycles. The van der Waals surface area contributed by atoms with E-state index >= 15 is 0 Å². The zero-order valence-electron chi connectivity index (χ0n) is 16.0. The van der Waals surface area contributed by atoms with E-state index in [1.165, 1.54) is 4.90 Å². The van der Waals surface area contributed by atoms with Crippen LogP contribution >= 0.6 is 0 Å². The van der Waals surface area contributed by atoms with E-state index in [0.717, 1.165) is 25.7 Å². The topological polar surface area (TPSA) is 87.7 Å². The van der Waals surface area contributed by atoms with Crippen molar-refractivity contribution in [2.24, 2.45) is 0 Å². The third kappa shape index (κ3) is 4.23. The standard InChI is InChI=1S/C22H23N3O4/c26-20(13-25-18-11-5-6-12-19(18)29-14-21(25)27)24-17-10-4-3-9-16(17)22(28)23-15-7-1-2-8-15/h3-6,9-12,15H,1-2,7-8,13-14H2,(H,23,28)(H,24,26). The lowest BCUT2D eigenvalue weighted by Crippen LogP contribution is -2.43. The van der Waals surface area contributed by atoms with Crippen LogP contribution in [-0.4, -0.2) is 36.9 Å². The van der Waals surface area contributed by atoms with E-state index in [4.69, 9.17) is 4.74 Å². The van der Waals surface area contributed by atoms with Crippen molar-refractivity contribution >= 4 is 29.1 Å². The molecule has 1 saturated carbocycles. The van der Waals surface area contributed by atoms with Gasteiger partial charge in [0.25, 0.3) is 11.8 Å². The van der Waals surface area contributed by atoms with E-state index < -0.39 is 0 Å². The van der Waals surface area contributed by atoms with E-state index in [1.807, 2.05) is 6.07 Å². The molecule has 0 spiro atoms. The number of anilines is 2. The summed E-state index contributed by atoms with van der Waals surface area (Å²) in [6.45, 7) is -0.261. The Morgan fingerprint density at radius 2 is 1.76 bits per heavy atom. The van der Waals surface area contributed by atoms with E-state index in [9.17, 15) is 14.4 Å². The van der Waals surface area contributed by atoms with Gasteiger partial charge in [-0.15, -0.1) is 0 Å². The molecule has 3 amide bonds. The fraction of sp³-hybridized carbons (Fsp3) is 0.318. The van der Waals surface area contributed by atoms with E-state index in [1.54, 1.807) is 42.5 Å². The fourth-order valence-corrected chi connectivity index (χ4v) is 3.78. The lowest BCUT2D eigenvalue weighted by molar-refractivity contribution is -0.123. The summed E-state index contributed by atoms with van der Waals surface area (Å²) in [5.41, 5.74) is 1.41. The first-order chi connectivity index (χ1) is 14.1. The largest absolute Gasteiger partial charge is 0.482 e. The fourth-order valence-electron chi connectivity index (χ4n) is 3.78. The van der Waals surface area contributed by atoms with Crippen LogP contribution in [0.15, 0.2) is 48.5 Å². The average molecular weight is 393 g/mol. The molecule has 1 aliphatic heterocycles. The predicted octanol–water partition coefficient (Wildman–Crippen LogP) is 2.72. The third-order valence-electron chi connectivity index (χ3n) is 5.25. The quantitative estimate of drug-likeness (QED) is 0.818. The summed E-state index contributed by atoms with van der Waals surface area (Å²) in [5.74, 6) is -0.292. The monoisotopic (exact) mass is 393 g/mol. The van der Waals surface area contributed by atoms with Crippen LogP contribution in [-0.2, 0) is 9.59 Å². The Morgan fingerprint density at radius 1 is 1.03 bits per heavy atom. The van der Waals surface area contributed by atoms with Crippen LogP contribution in [0.3, 0.4) is 0 Å². The van der Waals surface area contributed by atoms with Gasteiger partial charge in [0.05, 0.1) is 16.9 Å². The first kappa shape index (κ1) is 19.0. The molecule has 2 aliphatic rings. The molecule has 7 heteroatoms. The van der Waals surface area contributed by atoms with Gasteiger partial charge in [-0.05, 0) is 37.1 Å². The number of ether oxygens (including phenoxy) is 1. The van der Waals surface area contributed by atoms with Gasteiger partial charge >= 0.3 is 0 Å². The van der Waals surface area contributed by atoms with Crippen molar-refractivity contribution < 1.29 is 19.1 Å². The number of para-hydroxylation sites is 3. The van der Waals surface area contributed by atoms with Gasteiger partial charge in [-0.25, -0.2) is 0 Å². The normalized spacial score (nSPS) is 16.1. The predicted molar refractivity (Wildman–Crippen MR) is 109 cm³/mol. The Hall–Kier alpha value is -3.35. The van der Waals surface area contributed by atoms with Gasteiger partial charge in [-0.3, -0.25) is 19.3 Å². The second-order valence-corrected chi connectivity index (χ2v) is 7.28. The molecule has 0 atom stereocenters. The number of carbonyl (C=O) groups is 3. The molecule has 1 heterocycles. The van der Waals surface area contributed by atoms with Crippen LogP contribution in [0.1, 0.15) is 36.0 Å². The Morgan fingerprint density at radius 3 is 2.59 bits per heavy atom. The molecule has 7 nitrogen and oxygen atoms in total. The molecule has 1 fully saturated rings. The second kappa shape index (κ2) is 8.34. The highest BCUT2D eigenvalue weighted by molar-refractivity contribution is 6.08. The zero-order chi connectivity index (χ0) is 20.2. The van der Waals surface area contributed by atoms with Crippen LogP contribution in [0.4, 0.5) is 11.4 Å². The van der Waals surface area contributed by atoms with Gasteiger partial charge in [0, 0.05) is 6.04 Å². The molecule has 0 unspecified atom stereocenters. The van der Waals surface area contributed by atoms with Crippen LogP contribution in [0.5, 0.6) is 5.75 Å². The molecule has 4 rings (SSSR count). The van der Waals surface area contributed by atoms with Crippen LogP contribution in [0.2, 0.25) is 0 Å². The Labute approximate surface area is 169 Å². The smallest absolute Gasteiger partial charge is 0.265 e. The first-order valence-corrected chi connectivity index (χ1v) is 9.84. The third-order valence-corrected chi connectivity index (χ3v) is 5.25. The second-order valence-electron chi connectivity index (χ2n) is 7.28. The Balaban J connectivity index is 1.46. The zero-order valence-corrected chi connectivity index (χ0v) is 16.0. The summed E-state index contributed by atoms with van der Waals surface area (Å²) in [4.78, 5) is 39.0. The number of rotatable bonds is 5. The summed E-state index contributed by atoms with van der Waals surface area (Å²) in [7, 11) is 0. The van der Waals surface area contributed by atoms with E-state index in [-0.39, 0.29) is 36.9 Å². The van der Waals surface area contributed by atoms with Crippen LogP contribution in [0.25, 0.3) is 0 Å².